The predicted octanol–water partition coefficient (Wildman–Crippen LogP) is 3.93. The van der Waals surface area contributed by atoms with Gasteiger partial charge in [0.25, 0.3) is 11.7 Å². The summed E-state index contributed by atoms with van der Waals surface area (Å²) in [6.07, 6.45) is 0.513. The largest absolute Gasteiger partial charge is 0.507 e. The highest BCUT2D eigenvalue weighted by Crippen LogP contribution is 2.42. The van der Waals surface area contributed by atoms with Gasteiger partial charge in [-0.25, -0.2) is 0 Å². The third kappa shape index (κ3) is 4.45. The zero-order chi connectivity index (χ0) is 22.7. The second-order valence-electron chi connectivity index (χ2n) is 7.23. The number of aryl methyl sites for hydroxylation is 1. The molecule has 1 amide bonds. The number of amides is 1. The molecule has 1 aliphatic heterocycles. The van der Waals surface area contributed by atoms with Crippen LogP contribution in [0.15, 0.2) is 46.4 Å². The van der Waals surface area contributed by atoms with Crippen LogP contribution in [0.2, 0.25) is 0 Å². The van der Waals surface area contributed by atoms with Crippen LogP contribution in [0, 0.1) is 6.92 Å². The van der Waals surface area contributed by atoms with Crippen molar-refractivity contribution in [3.63, 3.8) is 0 Å². The van der Waals surface area contributed by atoms with Gasteiger partial charge in [0.2, 0.25) is 0 Å². The molecule has 1 heterocycles. The number of ether oxygens (including phenoxy) is 2. The number of methoxy groups -OCH3 is 2. The summed E-state index contributed by atoms with van der Waals surface area (Å²) >= 11 is 3.42. The molecule has 8 heteroatoms. The topological polar surface area (TPSA) is 96.3 Å². The lowest BCUT2D eigenvalue weighted by Crippen LogP contribution is -2.31. The molecule has 2 aromatic carbocycles. The number of aromatic hydroxyl groups is 1. The Hall–Kier alpha value is -2.84. The number of benzene rings is 2. The monoisotopic (exact) mass is 489 g/mol. The van der Waals surface area contributed by atoms with Crippen molar-refractivity contribution >= 4 is 33.4 Å². The molecule has 0 aromatic heterocycles. The number of Topliss-reactive ketones (excluding diaryl/α,β-unsaturated/α-hetero) is 1. The molecule has 1 saturated heterocycles. The average molecular weight is 490 g/mol. The number of aliphatic hydroxyl groups excluding tert-OH is 1. The Morgan fingerprint density at radius 2 is 1.90 bits per heavy atom. The molecule has 0 bridgehead atoms. The van der Waals surface area contributed by atoms with Crippen molar-refractivity contribution in [1.29, 1.82) is 0 Å². The van der Waals surface area contributed by atoms with E-state index >= 15 is 0 Å². The van der Waals surface area contributed by atoms with Crippen molar-refractivity contribution in [1.82, 2.24) is 4.90 Å². The molecule has 0 radical (unpaired) electrons. The van der Waals surface area contributed by atoms with Gasteiger partial charge in [-0.1, -0.05) is 28.1 Å². The molecule has 1 atom stereocenters. The van der Waals surface area contributed by atoms with Crippen molar-refractivity contribution < 1.29 is 29.3 Å². The number of phenolic OH excluding ortho intramolecular Hbond substituents is 1. The van der Waals surface area contributed by atoms with E-state index in [2.05, 4.69) is 15.9 Å². The summed E-state index contributed by atoms with van der Waals surface area (Å²) in [7, 11) is 2.99. The fourth-order valence-electron chi connectivity index (χ4n) is 3.66. The fourth-order valence-corrected chi connectivity index (χ4v) is 3.91. The Morgan fingerprint density at radius 3 is 2.52 bits per heavy atom. The molecule has 0 spiro atoms. The van der Waals surface area contributed by atoms with E-state index in [1.54, 1.807) is 37.4 Å². The van der Waals surface area contributed by atoms with Crippen molar-refractivity contribution in [3.05, 3.63) is 63.1 Å². The maximum absolute atomic E-state index is 13.0. The van der Waals surface area contributed by atoms with Crippen molar-refractivity contribution in [2.75, 3.05) is 27.4 Å². The van der Waals surface area contributed by atoms with E-state index in [9.17, 15) is 19.8 Å². The van der Waals surface area contributed by atoms with Gasteiger partial charge < -0.3 is 24.6 Å². The zero-order valence-electron chi connectivity index (χ0n) is 17.5. The number of aliphatic hydroxyl groups is 1. The smallest absolute Gasteiger partial charge is 0.295 e. The van der Waals surface area contributed by atoms with Gasteiger partial charge in [0.05, 0.1) is 18.7 Å². The highest BCUT2D eigenvalue weighted by Gasteiger charge is 2.46. The van der Waals surface area contributed by atoms with E-state index in [1.165, 1.54) is 18.1 Å². The third-order valence-corrected chi connectivity index (χ3v) is 6.13. The Labute approximate surface area is 189 Å². The maximum Gasteiger partial charge on any atom is 0.295 e. The number of carbonyl (C=O) groups is 2. The number of nitrogens with zero attached hydrogens (tertiary/aromatic N) is 1. The molecule has 3 rings (SSSR count). The number of halogens is 1. The molecule has 164 valence electrons. The van der Waals surface area contributed by atoms with Crippen LogP contribution in [0.3, 0.4) is 0 Å². The van der Waals surface area contributed by atoms with Gasteiger partial charge in [0.15, 0.2) is 11.5 Å². The van der Waals surface area contributed by atoms with Crippen molar-refractivity contribution in [3.8, 4) is 11.5 Å². The lowest BCUT2D eigenvalue weighted by Gasteiger charge is -2.25. The summed E-state index contributed by atoms with van der Waals surface area (Å²) in [5.74, 6) is -1.59. The summed E-state index contributed by atoms with van der Waals surface area (Å²) in [4.78, 5) is 27.2. The van der Waals surface area contributed by atoms with Gasteiger partial charge in [-0.15, -0.1) is 0 Å². The molecule has 0 aliphatic carbocycles. The fraction of sp³-hybridized carbons (Fsp3) is 0.304. The van der Waals surface area contributed by atoms with Crippen LogP contribution in [0.25, 0.3) is 5.76 Å². The van der Waals surface area contributed by atoms with Crippen LogP contribution in [0.4, 0.5) is 0 Å². The molecular weight excluding hydrogens is 466 g/mol. The Bertz CT molecular complexity index is 1050. The number of hydrogen-bond acceptors (Lipinski definition) is 6. The lowest BCUT2D eigenvalue weighted by atomic mass is 9.94. The molecule has 0 saturated carbocycles. The Kier molecular flexibility index (Phi) is 7.02. The van der Waals surface area contributed by atoms with Gasteiger partial charge in [-0.3, -0.25) is 9.59 Å². The summed E-state index contributed by atoms with van der Waals surface area (Å²) in [5.41, 5.74) is 1.77. The van der Waals surface area contributed by atoms with E-state index in [1.807, 2.05) is 6.92 Å². The van der Waals surface area contributed by atoms with Crippen LogP contribution in [0.1, 0.15) is 29.2 Å². The summed E-state index contributed by atoms with van der Waals surface area (Å²) in [6.45, 7) is 2.53. The minimum Gasteiger partial charge on any atom is -0.507 e. The lowest BCUT2D eigenvalue weighted by molar-refractivity contribution is -0.140. The van der Waals surface area contributed by atoms with Gasteiger partial charge in [-0.2, -0.15) is 0 Å². The van der Waals surface area contributed by atoms with E-state index in [0.29, 0.717) is 24.2 Å². The highest BCUT2D eigenvalue weighted by atomic mass is 79.9. The predicted molar refractivity (Wildman–Crippen MR) is 119 cm³/mol. The second kappa shape index (κ2) is 9.53. The maximum atomic E-state index is 13.0. The normalized spacial score (nSPS) is 17.9. The molecule has 2 aromatic rings. The van der Waals surface area contributed by atoms with E-state index in [0.717, 1.165) is 10.0 Å². The summed E-state index contributed by atoms with van der Waals surface area (Å²) in [6, 6.07) is 9.00. The number of ketones is 1. The molecule has 2 N–H and O–H groups in total. The number of carbonyl (C=O) groups excluding carboxylic acids is 2. The van der Waals surface area contributed by atoms with E-state index in [4.69, 9.17) is 9.47 Å². The molecule has 1 aliphatic rings. The molecule has 7 nitrogen and oxygen atoms in total. The zero-order valence-corrected chi connectivity index (χ0v) is 19.1. The van der Waals surface area contributed by atoms with E-state index in [-0.39, 0.29) is 29.4 Å². The van der Waals surface area contributed by atoms with Gasteiger partial charge in [-0.05, 0) is 48.7 Å². The number of hydrogen-bond donors (Lipinski definition) is 2. The van der Waals surface area contributed by atoms with E-state index < -0.39 is 17.7 Å². The number of phenols is 1. The van der Waals surface area contributed by atoms with Crippen LogP contribution >= 0.6 is 15.9 Å². The summed E-state index contributed by atoms with van der Waals surface area (Å²) in [5, 5.41) is 21.3. The van der Waals surface area contributed by atoms with Crippen LogP contribution in [-0.2, 0) is 14.3 Å². The first-order valence-corrected chi connectivity index (χ1v) is 10.5. The molecular formula is C23H24BrNO6. The first-order valence-electron chi connectivity index (χ1n) is 9.71. The minimum absolute atomic E-state index is 0.0197. The first-order chi connectivity index (χ1) is 14.8. The van der Waals surface area contributed by atoms with Gasteiger partial charge in [0.1, 0.15) is 5.76 Å². The average Bonchev–Trinajstić information content (AvgIpc) is 3.00. The molecule has 1 unspecified atom stereocenters. The van der Waals surface area contributed by atoms with Crippen LogP contribution in [-0.4, -0.2) is 54.2 Å². The molecule has 31 heavy (non-hydrogen) atoms. The van der Waals surface area contributed by atoms with Crippen molar-refractivity contribution in [2.45, 2.75) is 19.4 Å². The SMILES string of the molecule is COCCCN1C(=O)C(=O)/C(=C(\O)c2ccc(Br)c(C)c2)C1c1ccc(OC)c(O)c1. The second-order valence-corrected chi connectivity index (χ2v) is 8.09. The Balaban J connectivity index is 2.16. The highest BCUT2D eigenvalue weighted by molar-refractivity contribution is 9.10. The number of rotatable bonds is 7. The number of likely N-dealkylation sites (tertiary alicyclic amines) is 1. The van der Waals surface area contributed by atoms with Crippen LogP contribution in [0.5, 0.6) is 11.5 Å². The van der Waals surface area contributed by atoms with Gasteiger partial charge >= 0.3 is 0 Å². The Morgan fingerprint density at radius 1 is 1.16 bits per heavy atom. The quantitative estimate of drug-likeness (QED) is 0.264. The van der Waals surface area contributed by atoms with Gasteiger partial charge in [0, 0.05) is 30.3 Å². The summed E-state index contributed by atoms with van der Waals surface area (Å²) < 4.78 is 11.0. The minimum atomic E-state index is -0.849. The standard InChI is InChI=1S/C23H24BrNO6/c1-13-11-15(5-7-16(13)24)21(27)19-20(14-6-8-18(31-3)17(26)12-14)25(9-4-10-30-2)23(29)22(19)28/h5-8,11-12,20,26-27H,4,9-10H2,1-3H3/b21-19-. The molecule has 1 fully saturated rings. The van der Waals surface area contributed by atoms with Crippen molar-refractivity contribution in [2.24, 2.45) is 0 Å². The first kappa shape index (κ1) is 22.8. The third-order valence-electron chi connectivity index (χ3n) is 5.24. The van der Waals surface area contributed by atoms with Crippen LogP contribution < -0.4 is 4.74 Å².